The Morgan fingerprint density at radius 2 is 1.73 bits per heavy atom. The molecule has 2 aliphatic heterocycles. The molecule has 45 heavy (non-hydrogen) atoms. The normalized spacial score (nSPS) is 21.4. The van der Waals surface area contributed by atoms with Crippen LogP contribution in [0, 0.1) is 0 Å². The average molecular weight is 656 g/mol. The van der Waals surface area contributed by atoms with Crippen LogP contribution in [0.4, 0.5) is 17.6 Å². The third-order valence-corrected chi connectivity index (χ3v) is 8.71. The van der Waals surface area contributed by atoms with E-state index in [-0.39, 0.29) is 61.6 Å². The summed E-state index contributed by atoms with van der Waals surface area (Å²) in [7, 11) is 1.56. The number of halogens is 5. The Kier molecular flexibility index (Phi) is 9.99. The summed E-state index contributed by atoms with van der Waals surface area (Å²) in [6, 6.07) is 11.6. The largest absolute Gasteiger partial charge is 0.497 e. The molecule has 1 aromatic heterocycles. The van der Waals surface area contributed by atoms with E-state index >= 15 is 4.39 Å². The standard InChI is InChI=1S/C32H37F4N3O5.ClH/c1-30(2,3)39-17-26(21-5-8-23(42-4)9-6-21)31(33,19-39)29(41)38-13-11-20(12-14-38)25-10-7-22(32(34,35)36)15-27(25)43-18-24-16-28(40)37-44-24;/h5-10,15-16,20,26H,11-14,17-19H2,1-4H3,(H,37,40);1H/t26-,31-;/m0./s1. The third-order valence-electron chi connectivity index (χ3n) is 8.71. The Morgan fingerprint density at radius 1 is 1.07 bits per heavy atom. The highest BCUT2D eigenvalue weighted by atomic mass is 35.5. The van der Waals surface area contributed by atoms with Crippen LogP contribution in [-0.4, -0.2) is 65.4 Å². The lowest BCUT2D eigenvalue weighted by molar-refractivity contribution is -0.145. The Bertz CT molecular complexity index is 1530. The fraction of sp³-hybridized carbons (Fsp3) is 0.500. The van der Waals surface area contributed by atoms with E-state index in [0.717, 1.165) is 18.2 Å². The predicted molar refractivity (Wildman–Crippen MR) is 162 cm³/mol. The molecule has 13 heteroatoms. The summed E-state index contributed by atoms with van der Waals surface area (Å²) in [4.78, 5) is 28.8. The van der Waals surface area contributed by atoms with Crippen LogP contribution < -0.4 is 15.0 Å². The highest BCUT2D eigenvalue weighted by Gasteiger charge is 2.57. The molecule has 8 nitrogen and oxygen atoms in total. The van der Waals surface area contributed by atoms with Crippen molar-refractivity contribution in [3.05, 3.63) is 81.3 Å². The first-order valence-electron chi connectivity index (χ1n) is 14.6. The number of likely N-dealkylation sites (tertiary alicyclic amines) is 2. The molecule has 0 saturated carbocycles. The molecule has 3 heterocycles. The van der Waals surface area contributed by atoms with Gasteiger partial charge in [-0.2, -0.15) is 18.3 Å². The highest BCUT2D eigenvalue weighted by Crippen LogP contribution is 2.45. The number of alkyl halides is 4. The number of aromatic amines is 1. The number of hydrogen-bond acceptors (Lipinski definition) is 6. The van der Waals surface area contributed by atoms with Gasteiger partial charge >= 0.3 is 6.18 Å². The van der Waals surface area contributed by atoms with Gasteiger partial charge in [0.15, 0.2) is 5.76 Å². The van der Waals surface area contributed by atoms with Crippen molar-refractivity contribution in [1.82, 2.24) is 15.0 Å². The summed E-state index contributed by atoms with van der Waals surface area (Å²) in [6.07, 6.45) is -3.75. The van der Waals surface area contributed by atoms with E-state index in [9.17, 15) is 22.8 Å². The predicted octanol–water partition coefficient (Wildman–Crippen LogP) is 6.31. The summed E-state index contributed by atoms with van der Waals surface area (Å²) in [5.74, 6) is -0.680. The van der Waals surface area contributed by atoms with E-state index in [1.54, 1.807) is 31.4 Å². The van der Waals surface area contributed by atoms with Crippen LogP contribution in [0.25, 0.3) is 0 Å². The minimum Gasteiger partial charge on any atom is -0.497 e. The lowest BCUT2D eigenvalue weighted by Crippen LogP contribution is -2.53. The van der Waals surface area contributed by atoms with Crippen molar-refractivity contribution in [3.63, 3.8) is 0 Å². The summed E-state index contributed by atoms with van der Waals surface area (Å²) < 4.78 is 73.6. The Balaban J connectivity index is 0.00000461. The number of ether oxygens (including phenoxy) is 2. The van der Waals surface area contributed by atoms with Crippen LogP contribution in [0.15, 0.2) is 57.8 Å². The molecule has 3 aromatic rings. The first-order valence-corrected chi connectivity index (χ1v) is 14.6. The SMILES string of the molecule is COc1ccc([C@@H]2CN(C(C)(C)C)C[C@@]2(F)C(=O)N2CCC(c3ccc(C(F)(F)F)cc3OCc3cc(=O)[nH]o3)CC2)cc1.Cl. The number of nitrogens with one attached hydrogen (secondary N) is 1. The Hall–Kier alpha value is -3.51. The first kappa shape index (κ1) is 34.4. The molecular weight excluding hydrogens is 618 g/mol. The Morgan fingerprint density at radius 3 is 2.29 bits per heavy atom. The van der Waals surface area contributed by atoms with E-state index in [4.69, 9.17) is 14.0 Å². The molecular formula is C32H38ClF4N3O5. The quantitative estimate of drug-likeness (QED) is 0.300. The van der Waals surface area contributed by atoms with Gasteiger partial charge in [0.1, 0.15) is 18.1 Å². The molecule has 0 spiro atoms. The maximum atomic E-state index is 17.1. The number of nitrogens with zero attached hydrogens (tertiary/aromatic N) is 2. The molecule has 0 unspecified atom stereocenters. The molecule has 2 atom stereocenters. The van der Waals surface area contributed by atoms with Crippen LogP contribution in [0.5, 0.6) is 11.5 Å². The summed E-state index contributed by atoms with van der Waals surface area (Å²) in [5.41, 5.74) is -2.60. The third kappa shape index (κ3) is 7.33. The molecule has 1 N–H and O–H groups in total. The summed E-state index contributed by atoms with van der Waals surface area (Å²) in [5, 5.41) is 2.12. The summed E-state index contributed by atoms with van der Waals surface area (Å²) >= 11 is 0. The molecule has 2 fully saturated rings. The minimum absolute atomic E-state index is 0. The monoisotopic (exact) mass is 655 g/mol. The molecule has 246 valence electrons. The molecule has 5 rings (SSSR count). The maximum absolute atomic E-state index is 17.1. The number of aromatic nitrogens is 1. The average Bonchev–Trinajstić information content (AvgIpc) is 3.58. The van der Waals surface area contributed by atoms with E-state index in [0.29, 0.717) is 36.3 Å². The fourth-order valence-corrected chi connectivity index (χ4v) is 6.12. The number of amides is 1. The van der Waals surface area contributed by atoms with Gasteiger partial charge in [-0.1, -0.05) is 18.2 Å². The van der Waals surface area contributed by atoms with Gasteiger partial charge < -0.3 is 18.9 Å². The lowest BCUT2D eigenvalue weighted by atomic mass is 9.83. The van der Waals surface area contributed by atoms with Crippen LogP contribution in [0.1, 0.15) is 67.9 Å². The number of benzene rings is 2. The van der Waals surface area contributed by atoms with Crippen molar-refractivity contribution in [3.8, 4) is 11.5 Å². The van der Waals surface area contributed by atoms with Crippen molar-refractivity contribution >= 4 is 18.3 Å². The minimum atomic E-state index is -4.58. The zero-order chi connectivity index (χ0) is 31.9. The molecule has 1 amide bonds. The second-order valence-corrected chi connectivity index (χ2v) is 12.5. The van der Waals surface area contributed by atoms with E-state index in [1.807, 2.05) is 25.7 Å². The zero-order valence-electron chi connectivity index (χ0n) is 25.6. The highest BCUT2D eigenvalue weighted by molar-refractivity contribution is 5.87. The van der Waals surface area contributed by atoms with Gasteiger partial charge in [0, 0.05) is 37.6 Å². The second-order valence-electron chi connectivity index (χ2n) is 12.5. The summed E-state index contributed by atoms with van der Waals surface area (Å²) in [6.45, 7) is 6.56. The number of carbonyl (C=O) groups is 1. The van der Waals surface area contributed by atoms with Gasteiger partial charge in [-0.05, 0) is 74.9 Å². The smallest absolute Gasteiger partial charge is 0.416 e. The maximum Gasteiger partial charge on any atom is 0.416 e. The molecule has 2 aromatic carbocycles. The molecule has 0 bridgehead atoms. The number of H-pyrrole nitrogens is 1. The van der Waals surface area contributed by atoms with Crippen molar-refractivity contribution < 1.29 is 36.4 Å². The number of hydrogen-bond donors (Lipinski definition) is 1. The van der Waals surface area contributed by atoms with Crippen LogP contribution in [0.3, 0.4) is 0 Å². The number of rotatable bonds is 7. The second kappa shape index (κ2) is 13.1. The van der Waals surface area contributed by atoms with Gasteiger partial charge in [0.25, 0.3) is 11.5 Å². The number of methoxy groups -OCH3 is 1. The van der Waals surface area contributed by atoms with E-state index in [2.05, 4.69) is 5.16 Å². The van der Waals surface area contributed by atoms with Crippen LogP contribution in [0.2, 0.25) is 0 Å². The number of carbonyl (C=O) groups excluding carboxylic acids is 1. The van der Waals surface area contributed by atoms with Crippen LogP contribution >= 0.6 is 12.4 Å². The van der Waals surface area contributed by atoms with Crippen molar-refractivity contribution in [2.75, 3.05) is 33.3 Å². The lowest BCUT2D eigenvalue weighted by Gasteiger charge is -2.38. The van der Waals surface area contributed by atoms with Gasteiger partial charge in [-0.25, -0.2) is 4.39 Å². The van der Waals surface area contributed by atoms with Gasteiger partial charge in [0.2, 0.25) is 5.67 Å². The van der Waals surface area contributed by atoms with Crippen molar-refractivity contribution in [1.29, 1.82) is 0 Å². The van der Waals surface area contributed by atoms with Crippen LogP contribution in [-0.2, 0) is 17.6 Å². The van der Waals surface area contributed by atoms with E-state index in [1.165, 1.54) is 11.0 Å². The fourth-order valence-electron chi connectivity index (χ4n) is 6.12. The number of piperidine rings is 1. The molecule has 2 saturated heterocycles. The molecule has 2 aliphatic rings. The van der Waals surface area contributed by atoms with E-state index < -0.39 is 34.8 Å². The van der Waals surface area contributed by atoms with Crippen molar-refractivity contribution in [2.24, 2.45) is 0 Å². The molecule has 0 radical (unpaired) electrons. The topological polar surface area (TPSA) is 88.0 Å². The van der Waals surface area contributed by atoms with Gasteiger partial charge in [-0.15, -0.1) is 12.4 Å². The van der Waals surface area contributed by atoms with Gasteiger partial charge in [0.05, 0.1) is 18.7 Å². The first-order chi connectivity index (χ1) is 20.7. The Labute approximate surface area is 265 Å². The van der Waals surface area contributed by atoms with Crippen molar-refractivity contribution in [2.45, 2.75) is 69.4 Å². The molecule has 0 aliphatic carbocycles. The zero-order valence-corrected chi connectivity index (χ0v) is 26.4. The van der Waals surface area contributed by atoms with Gasteiger partial charge in [-0.3, -0.25) is 14.5 Å².